The lowest BCUT2D eigenvalue weighted by molar-refractivity contribution is -0.114. The molecule has 0 bridgehead atoms. The van der Waals surface area contributed by atoms with Crippen LogP contribution >= 0.6 is 0 Å². The zero-order chi connectivity index (χ0) is 26.0. The molecule has 2 saturated heterocycles. The summed E-state index contributed by atoms with van der Waals surface area (Å²) in [4.78, 5) is 20.9. The van der Waals surface area contributed by atoms with Gasteiger partial charge in [0.25, 0.3) is 0 Å². The zero-order valence-corrected chi connectivity index (χ0v) is 22.7. The second-order valence-corrected chi connectivity index (χ2v) is 15.4. The maximum atomic E-state index is 12.0. The standard InChI is InChI=1S/C27H32N8OSi/c1-5-22(36)15-19-7-8-23-24(16-19)26(34-11-6-12-34)32-31-25(23)35-13-9-21(18-35)29-27-28-17-20(30-33-27)10-14-37(2,3)4/h5,7-8,16-17,21H,1,6,9,11-13,15,18H2,2-4H3,(H,28,29,33)/t21-/m1/s1. The maximum absolute atomic E-state index is 12.0. The monoisotopic (exact) mass is 512 g/mol. The van der Waals surface area contributed by atoms with Crippen molar-refractivity contribution in [2.24, 2.45) is 0 Å². The third kappa shape index (κ3) is 5.78. The van der Waals surface area contributed by atoms with Gasteiger partial charge in [-0.3, -0.25) is 4.79 Å². The fourth-order valence-corrected chi connectivity index (χ4v) is 4.96. The number of fused-ring (bicyclic) bond motifs is 1. The highest BCUT2D eigenvalue weighted by Crippen LogP contribution is 2.34. The summed E-state index contributed by atoms with van der Waals surface area (Å²) in [6.45, 7) is 13.7. The van der Waals surface area contributed by atoms with Crippen LogP contribution in [0.15, 0.2) is 37.1 Å². The molecule has 1 N–H and O–H groups in total. The number of nitrogens with one attached hydrogen (secondary N) is 1. The molecule has 10 heteroatoms. The molecule has 4 heterocycles. The summed E-state index contributed by atoms with van der Waals surface area (Å²) < 4.78 is 0. The number of ketones is 1. The second-order valence-electron chi connectivity index (χ2n) is 10.7. The predicted octanol–water partition coefficient (Wildman–Crippen LogP) is 3.24. The number of nitrogens with zero attached hydrogens (tertiary/aromatic N) is 7. The summed E-state index contributed by atoms with van der Waals surface area (Å²) in [5.41, 5.74) is 4.84. The van der Waals surface area contributed by atoms with E-state index in [1.807, 2.05) is 6.07 Å². The Labute approximate surface area is 218 Å². The Bertz CT molecular complexity index is 1390. The predicted molar refractivity (Wildman–Crippen MR) is 150 cm³/mol. The molecule has 0 amide bonds. The fourth-order valence-electron chi connectivity index (χ4n) is 4.46. The van der Waals surface area contributed by atoms with Crippen LogP contribution in [0.4, 0.5) is 17.6 Å². The van der Waals surface area contributed by atoms with Crippen LogP contribution < -0.4 is 15.1 Å². The topological polar surface area (TPSA) is 100 Å². The summed E-state index contributed by atoms with van der Waals surface area (Å²) in [6.07, 6.45) is 5.47. The average molecular weight is 513 g/mol. The van der Waals surface area contributed by atoms with Crippen molar-refractivity contribution < 1.29 is 4.79 Å². The molecule has 0 saturated carbocycles. The lowest BCUT2D eigenvalue weighted by atomic mass is 10.0. The molecule has 2 aliphatic heterocycles. The molecular formula is C27H32N8OSi. The minimum Gasteiger partial charge on any atom is -0.354 e. The Kier molecular flexibility index (Phi) is 6.89. The van der Waals surface area contributed by atoms with E-state index in [-0.39, 0.29) is 11.8 Å². The molecule has 5 rings (SSSR count). The van der Waals surface area contributed by atoms with Crippen molar-refractivity contribution in [2.75, 3.05) is 41.3 Å². The number of carbonyl (C=O) groups excluding carboxylic acids is 1. The largest absolute Gasteiger partial charge is 0.354 e. The number of anilines is 3. The minimum absolute atomic E-state index is 0.00777. The third-order valence-electron chi connectivity index (χ3n) is 6.52. The van der Waals surface area contributed by atoms with E-state index in [1.165, 1.54) is 6.08 Å². The van der Waals surface area contributed by atoms with E-state index in [2.05, 4.69) is 90.3 Å². The summed E-state index contributed by atoms with van der Waals surface area (Å²) in [5, 5.41) is 23.2. The number of rotatable bonds is 7. The van der Waals surface area contributed by atoms with Crippen molar-refractivity contribution in [1.82, 2.24) is 25.4 Å². The van der Waals surface area contributed by atoms with Crippen molar-refractivity contribution in [2.45, 2.75) is 44.9 Å². The molecule has 0 radical (unpaired) electrons. The zero-order valence-electron chi connectivity index (χ0n) is 21.7. The Morgan fingerprint density at radius 1 is 1.11 bits per heavy atom. The Balaban J connectivity index is 1.33. The van der Waals surface area contributed by atoms with Crippen LogP contribution in [0.3, 0.4) is 0 Å². The summed E-state index contributed by atoms with van der Waals surface area (Å²) >= 11 is 0. The van der Waals surface area contributed by atoms with E-state index in [4.69, 9.17) is 0 Å². The number of hydrogen-bond acceptors (Lipinski definition) is 9. The maximum Gasteiger partial charge on any atom is 0.243 e. The van der Waals surface area contributed by atoms with Gasteiger partial charge in [0.1, 0.15) is 8.07 Å². The summed E-state index contributed by atoms with van der Waals surface area (Å²) in [5.74, 6) is 5.35. The van der Waals surface area contributed by atoms with Crippen LogP contribution in [0.1, 0.15) is 24.1 Å². The first-order chi connectivity index (χ1) is 17.8. The molecule has 0 aliphatic carbocycles. The molecular weight excluding hydrogens is 480 g/mol. The van der Waals surface area contributed by atoms with E-state index >= 15 is 0 Å². The summed E-state index contributed by atoms with van der Waals surface area (Å²) in [7, 11) is -1.47. The van der Waals surface area contributed by atoms with Gasteiger partial charge in [0.2, 0.25) is 5.95 Å². The van der Waals surface area contributed by atoms with E-state index in [0.29, 0.717) is 18.1 Å². The molecule has 190 valence electrons. The van der Waals surface area contributed by atoms with Crippen molar-refractivity contribution in [3.63, 3.8) is 0 Å². The normalized spacial score (nSPS) is 17.2. The number of hydrogen-bond donors (Lipinski definition) is 1. The van der Waals surface area contributed by atoms with Gasteiger partial charge >= 0.3 is 0 Å². The lowest BCUT2D eigenvalue weighted by Gasteiger charge is -2.33. The van der Waals surface area contributed by atoms with Crippen LogP contribution in [-0.2, 0) is 11.2 Å². The van der Waals surface area contributed by atoms with Crippen molar-refractivity contribution >= 4 is 42.2 Å². The van der Waals surface area contributed by atoms with Crippen LogP contribution in [0, 0.1) is 11.5 Å². The quantitative estimate of drug-likeness (QED) is 0.290. The van der Waals surface area contributed by atoms with Crippen LogP contribution in [-0.4, -0.2) is 71.5 Å². The van der Waals surface area contributed by atoms with Crippen LogP contribution in [0.25, 0.3) is 10.8 Å². The van der Waals surface area contributed by atoms with Gasteiger partial charge in [-0.15, -0.1) is 25.9 Å². The third-order valence-corrected chi connectivity index (χ3v) is 7.39. The lowest BCUT2D eigenvalue weighted by Crippen LogP contribution is -2.38. The first kappa shape index (κ1) is 24.8. The van der Waals surface area contributed by atoms with Gasteiger partial charge in [0.05, 0.1) is 6.20 Å². The first-order valence-corrected chi connectivity index (χ1v) is 16.2. The van der Waals surface area contributed by atoms with Gasteiger partial charge in [-0.05, 0) is 30.5 Å². The molecule has 2 aliphatic rings. The van der Waals surface area contributed by atoms with E-state index in [1.54, 1.807) is 6.20 Å². The Morgan fingerprint density at radius 3 is 2.54 bits per heavy atom. The van der Waals surface area contributed by atoms with Gasteiger partial charge in [-0.1, -0.05) is 44.3 Å². The van der Waals surface area contributed by atoms with Gasteiger partial charge in [-0.25, -0.2) is 4.98 Å². The van der Waals surface area contributed by atoms with Gasteiger partial charge in [0, 0.05) is 49.4 Å². The minimum atomic E-state index is -1.47. The van der Waals surface area contributed by atoms with E-state index in [0.717, 1.165) is 67.0 Å². The van der Waals surface area contributed by atoms with Crippen molar-refractivity contribution in [3.8, 4) is 11.5 Å². The van der Waals surface area contributed by atoms with E-state index in [9.17, 15) is 4.79 Å². The van der Waals surface area contributed by atoms with Gasteiger partial charge < -0.3 is 15.1 Å². The van der Waals surface area contributed by atoms with Gasteiger partial charge in [0.15, 0.2) is 23.1 Å². The van der Waals surface area contributed by atoms with Gasteiger partial charge in [-0.2, -0.15) is 0 Å². The molecule has 2 aromatic heterocycles. The number of allylic oxidation sites excluding steroid dienone is 1. The highest BCUT2D eigenvalue weighted by atomic mass is 28.3. The van der Waals surface area contributed by atoms with Crippen LogP contribution in [0.2, 0.25) is 19.6 Å². The first-order valence-electron chi connectivity index (χ1n) is 12.7. The highest BCUT2D eigenvalue weighted by molar-refractivity contribution is 6.83. The average Bonchev–Trinajstić information content (AvgIpc) is 3.30. The number of benzene rings is 1. The SMILES string of the molecule is C=CC(=O)Cc1ccc2c(N3CC[C@@H](Nc4ncc(C#C[Si](C)(C)C)nn4)C3)nnc(N3CCC3)c2c1. The number of aromatic nitrogens is 5. The van der Waals surface area contributed by atoms with Crippen molar-refractivity contribution in [3.05, 3.63) is 48.3 Å². The molecule has 0 spiro atoms. The van der Waals surface area contributed by atoms with Crippen LogP contribution in [0.5, 0.6) is 0 Å². The molecule has 37 heavy (non-hydrogen) atoms. The molecule has 1 aromatic carbocycles. The number of carbonyl (C=O) groups is 1. The molecule has 9 nitrogen and oxygen atoms in total. The Hall–Kier alpha value is -3.84. The van der Waals surface area contributed by atoms with Crippen molar-refractivity contribution in [1.29, 1.82) is 0 Å². The Morgan fingerprint density at radius 2 is 1.89 bits per heavy atom. The molecule has 1 atom stereocenters. The molecule has 0 unspecified atom stereocenters. The second kappa shape index (κ2) is 10.3. The fraction of sp³-hybridized carbons (Fsp3) is 0.407. The smallest absolute Gasteiger partial charge is 0.243 e. The van der Waals surface area contributed by atoms with E-state index < -0.39 is 8.07 Å². The highest BCUT2D eigenvalue weighted by Gasteiger charge is 2.28. The summed E-state index contributed by atoms with van der Waals surface area (Å²) in [6, 6.07) is 6.33. The molecule has 3 aromatic rings. The molecule has 2 fully saturated rings.